The fourth-order valence-corrected chi connectivity index (χ4v) is 1.44. The Hall–Kier alpha value is -1.10. The van der Waals surface area contributed by atoms with Crippen molar-refractivity contribution in [3.63, 3.8) is 0 Å². The summed E-state index contributed by atoms with van der Waals surface area (Å²) < 4.78 is 0.372. The fourth-order valence-electron chi connectivity index (χ4n) is 1.44. The molecule has 1 aliphatic rings. The zero-order chi connectivity index (χ0) is 9.35. The molecule has 0 spiro atoms. The van der Waals surface area contributed by atoms with Crippen LogP contribution < -0.4 is 5.43 Å². The van der Waals surface area contributed by atoms with Crippen molar-refractivity contribution in [3.05, 3.63) is 0 Å². The van der Waals surface area contributed by atoms with E-state index in [0.717, 1.165) is 0 Å². The molecule has 0 aromatic rings. The molecule has 1 rings (SSSR count). The van der Waals surface area contributed by atoms with Crippen LogP contribution in [0, 0.1) is 5.92 Å². The highest BCUT2D eigenvalue weighted by Gasteiger charge is 2.39. The Kier molecular flexibility index (Phi) is 2.06. The van der Waals surface area contributed by atoms with E-state index in [2.05, 4.69) is 5.43 Å². The third-order valence-electron chi connectivity index (χ3n) is 1.88. The Labute approximate surface area is 70.5 Å². The van der Waals surface area contributed by atoms with Crippen molar-refractivity contribution in [3.8, 4) is 0 Å². The van der Waals surface area contributed by atoms with Crippen molar-refractivity contribution < 1.29 is 19.3 Å². The molecule has 1 unspecified atom stereocenters. The van der Waals surface area contributed by atoms with E-state index in [9.17, 15) is 9.59 Å². The molecule has 68 valence electrons. The maximum Gasteiger partial charge on any atom is 0.304 e. The van der Waals surface area contributed by atoms with Gasteiger partial charge in [-0.05, 0) is 0 Å². The van der Waals surface area contributed by atoms with Crippen molar-refractivity contribution >= 4 is 11.9 Å². The number of carbonyl (C=O) groups is 2. The van der Waals surface area contributed by atoms with Crippen LogP contribution >= 0.6 is 0 Å². The minimum Gasteiger partial charge on any atom is -0.481 e. The third kappa shape index (κ3) is 1.94. The first-order chi connectivity index (χ1) is 5.41. The number of nitrogens with one attached hydrogen (secondary N) is 1. The predicted molar refractivity (Wildman–Crippen MR) is 40.9 cm³/mol. The Morgan fingerprint density at radius 2 is 2.33 bits per heavy atom. The van der Waals surface area contributed by atoms with Crippen LogP contribution in [0.15, 0.2) is 0 Å². The lowest BCUT2D eigenvalue weighted by Gasteiger charge is -2.20. The van der Waals surface area contributed by atoms with E-state index in [0.29, 0.717) is 11.1 Å². The topological polar surface area (TPSA) is 66.4 Å². The summed E-state index contributed by atoms with van der Waals surface area (Å²) in [5.74, 6) is -1.46. The molecule has 0 saturated carbocycles. The van der Waals surface area contributed by atoms with E-state index in [1.807, 2.05) is 14.1 Å². The predicted octanol–water partition coefficient (Wildman–Crippen LogP) is -0.801. The second kappa shape index (κ2) is 2.75. The molecular formula is C7H13N2O3+. The molecule has 5 heteroatoms. The molecule has 2 N–H and O–H groups in total. The molecule has 1 saturated heterocycles. The summed E-state index contributed by atoms with van der Waals surface area (Å²) in [6, 6.07) is 0. The van der Waals surface area contributed by atoms with Crippen LogP contribution in [-0.4, -0.2) is 42.2 Å². The standard InChI is InChI=1S/C7H12N2O3/c1-9(2)4-5(3-6(10)11)7(12)8-9/h5H,3-4H2,1-2H3,(H-,8,10,11,12)/p+1. The number of aliphatic carboxylic acids is 1. The van der Waals surface area contributed by atoms with E-state index >= 15 is 0 Å². The third-order valence-corrected chi connectivity index (χ3v) is 1.88. The maximum atomic E-state index is 11.1. The molecule has 1 atom stereocenters. The molecule has 0 aromatic heterocycles. The molecule has 5 nitrogen and oxygen atoms in total. The number of rotatable bonds is 2. The summed E-state index contributed by atoms with van der Waals surface area (Å²) >= 11 is 0. The van der Waals surface area contributed by atoms with Crippen LogP contribution in [0.1, 0.15) is 6.42 Å². The average molecular weight is 173 g/mol. The molecule has 1 heterocycles. The second-order valence-corrected chi connectivity index (χ2v) is 3.64. The number of hydrogen-bond donors (Lipinski definition) is 2. The summed E-state index contributed by atoms with van der Waals surface area (Å²) in [7, 11) is 3.67. The van der Waals surface area contributed by atoms with Gasteiger partial charge in [-0.15, -0.1) is 0 Å². The zero-order valence-electron chi connectivity index (χ0n) is 7.20. The Morgan fingerprint density at radius 1 is 1.75 bits per heavy atom. The van der Waals surface area contributed by atoms with Gasteiger partial charge in [0.15, 0.2) is 0 Å². The van der Waals surface area contributed by atoms with Gasteiger partial charge in [-0.25, -0.2) is 10.0 Å². The molecule has 12 heavy (non-hydrogen) atoms. The Bertz CT molecular complexity index is 225. The summed E-state index contributed by atoms with van der Waals surface area (Å²) in [4.78, 5) is 21.5. The molecule has 1 fully saturated rings. The van der Waals surface area contributed by atoms with Crippen molar-refractivity contribution in [2.24, 2.45) is 5.92 Å². The lowest BCUT2D eigenvalue weighted by atomic mass is 10.1. The smallest absolute Gasteiger partial charge is 0.304 e. The van der Waals surface area contributed by atoms with E-state index in [4.69, 9.17) is 5.11 Å². The van der Waals surface area contributed by atoms with Crippen LogP contribution in [0.25, 0.3) is 0 Å². The largest absolute Gasteiger partial charge is 0.481 e. The minimum absolute atomic E-state index is 0.0759. The first kappa shape index (κ1) is 8.99. The summed E-state index contributed by atoms with van der Waals surface area (Å²) in [5, 5.41) is 8.47. The van der Waals surface area contributed by atoms with Gasteiger partial charge in [0.25, 0.3) is 5.91 Å². The highest BCUT2D eigenvalue weighted by molar-refractivity contribution is 5.83. The SMILES string of the molecule is C[N+]1(C)CC(CC(=O)O)C(=O)N1. The van der Waals surface area contributed by atoms with Gasteiger partial charge >= 0.3 is 5.97 Å². The molecular weight excluding hydrogens is 160 g/mol. The van der Waals surface area contributed by atoms with Crippen molar-refractivity contribution in [1.82, 2.24) is 5.43 Å². The number of amides is 1. The number of quaternary nitrogens is 1. The van der Waals surface area contributed by atoms with Crippen LogP contribution in [-0.2, 0) is 9.59 Å². The van der Waals surface area contributed by atoms with Gasteiger partial charge in [0.1, 0.15) is 12.5 Å². The molecule has 1 amide bonds. The summed E-state index contributed by atoms with van der Waals surface area (Å²) in [6.07, 6.45) is -0.0759. The lowest BCUT2D eigenvalue weighted by Crippen LogP contribution is -2.47. The molecule has 0 aliphatic carbocycles. The quantitative estimate of drug-likeness (QED) is 0.537. The van der Waals surface area contributed by atoms with Gasteiger partial charge in [0.2, 0.25) is 0 Å². The lowest BCUT2D eigenvalue weighted by molar-refractivity contribution is -0.917. The first-order valence-corrected chi connectivity index (χ1v) is 3.77. The van der Waals surface area contributed by atoms with Crippen molar-refractivity contribution in [1.29, 1.82) is 0 Å². The van der Waals surface area contributed by atoms with E-state index in [1.165, 1.54) is 0 Å². The van der Waals surface area contributed by atoms with Gasteiger partial charge < -0.3 is 5.11 Å². The summed E-state index contributed by atoms with van der Waals surface area (Å²) in [6.45, 7) is 0.547. The van der Waals surface area contributed by atoms with Gasteiger partial charge in [0, 0.05) is 0 Å². The average Bonchev–Trinajstić information content (AvgIpc) is 2.03. The number of hydrogen-bond acceptors (Lipinski definition) is 2. The Morgan fingerprint density at radius 3 is 2.67 bits per heavy atom. The monoisotopic (exact) mass is 173 g/mol. The Balaban J connectivity index is 2.58. The number of carboxylic acids is 1. The first-order valence-electron chi connectivity index (χ1n) is 3.77. The second-order valence-electron chi connectivity index (χ2n) is 3.64. The zero-order valence-corrected chi connectivity index (χ0v) is 7.20. The molecule has 1 aliphatic heterocycles. The van der Waals surface area contributed by atoms with Gasteiger partial charge in [-0.2, -0.15) is 0 Å². The van der Waals surface area contributed by atoms with Gasteiger partial charge in [0.05, 0.1) is 20.5 Å². The number of carboxylic acid groups (broad SMARTS) is 1. The number of carbonyl (C=O) groups excluding carboxylic acids is 1. The molecule has 0 aromatic carbocycles. The van der Waals surface area contributed by atoms with E-state index in [1.54, 1.807) is 0 Å². The van der Waals surface area contributed by atoms with Crippen LogP contribution in [0.3, 0.4) is 0 Å². The number of nitrogens with zero attached hydrogens (tertiary/aromatic N) is 1. The van der Waals surface area contributed by atoms with Crippen molar-refractivity contribution in [2.75, 3.05) is 20.6 Å². The minimum atomic E-state index is -0.919. The van der Waals surface area contributed by atoms with Crippen molar-refractivity contribution in [2.45, 2.75) is 6.42 Å². The van der Waals surface area contributed by atoms with Crippen LogP contribution in [0.5, 0.6) is 0 Å². The van der Waals surface area contributed by atoms with Crippen LogP contribution in [0.4, 0.5) is 0 Å². The molecule has 0 radical (unpaired) electrons. The van der Waals surface area contributed by atoms with E-state index in [-0.39, 0.29) is 18.2 Å². The fraction of sp³-hybridized carbons (Fsp3) is 0.714. The van der Waals surface area contributed by atoms with Gasteiger partial charge in [-0.3, -0.25) is 9.59 Å². The maximum absolute atomic E-state index is 11.1. The van der Waals surface area contributed by atoms with Crippen LogP contribution in [0.2, 0.25) is 0 Å². The summed E-state index contributed by atoms with van der Waals surface area (Å²) in [5.41, 5.74) is 2.68. The molecule has 0 bridgehead atoms. The highest BCUT2D eigenvalue weighted by Crippen LogP contribution is 2.15. The van der Waals surface area contributed by atoms with E-state index < -0.39 is 5.97 Å². The normalized spacial score (nSPS) is 26.8. The van der Waals surface area contributed by atoms with Gasteiger partial charge in [-0.1, -0.05) is 0 Å². The highest BCUT2D eigenvalue weighted by atomic mass is 16.4.